The Morgan fingerprint density at radius 3 is 2.53 bits per heavy atom. The van der Waals surface area contributed by atoms with Crippen LogP contribution in [0.25, 0.3) is 11.5 Å². The minimum atomic E-state index is -0.270. The van der Waals surface area contributed by atoms with E-state index in [2.05, 4.69) is 20.5 Å². The molecule has 0 bridgehead atoms. The van der Waals surface area contributed by atoms with Crippen molar-refractivity contribution in [2.24, 2.45) is 0 Å². The molecule has 0 aliphatic rings. The molecule has 4 rings (SSSR count). The molecule has 1 N–H and O–H groups in total. The highest BCUT2D eigenvalue weighted by Gasteiger charge is 2.10. The van der Waals surface area contributed by atoms with E-state index >= 15 is 0 Å². The van der Waals surface area contributed by atoms with Gasteiger partial charge < -0.3 is 14.5 Å². The van der Waals surface area contributed by atoms with Crippen LogP contribution < -0.4 is 10.1 Å². The van der Waals surface area contributed by atoms with Crippen LogP contribution in [0.2, 0.25) is 5.02 Å². The summed E-state index contributed by atoms with van der Waals surface area (Å²) in [6.07, 6.45) is 2.03. The highest BCUT2D eigenvalue weighted by molar-refractivity contribution is 6.30. The van der Waals surface area contributed by atoms with Gasteiger partial charge >= 0.3 is 0 Å². The maximum absolute atomic E-state index is 11.7. The van der Waals surface area contributed by atoms with Crippen LogP contribution >= 0.6 is 11.6 Å². The molecule has 7 nitrogen and oxygen atoms in total. The molecule has 0 saturated heterocycles. The number of rotatable bonds is 6. The summed E-state index contributed by atoms with van der Waals surface area (Å²) in [5, 5.41) is 11.4. The molecule has 0 spiro atoms. The minimum Gasteiger partial charge on any atom is -0.457 e. The zero-order chi connectivity index (χ0) is 20.9. The summed E-state index contributed by atoms with van der Waals surface area (Å²) < 4.78 is 11.6. The molecule has 2 aromatic heterocycles. The van der Waals surface area contributed by atoms with Crippen LogP contribution in [0.5, 0.6) is 11.5 Å². The normalized spacial score (nSPS) is 10.6. The van der Waals surface area contributed by atoms with E-state index in [9.17, 15) is 4.79 Å². The average Bonchev–Trinajstić information content (AvgIpc) is 3.24. The second-order valence-corrected chi connectivity index (χ2v) is 6.82. The van der Waals surface area contributed by atoms with Gasteiger partial charge in [0.1, 0.15) is 17.2 Å². The summed E-state index contributed by atoms with van der Waals surface area (Å²) >= 11 is 5.91. The van der Waals surface area contributed by atoms with Crippen molar-refractivity contribution in [2.75, 3.05) is 7.05 Å². The third kappa shape index (κ3) is 4.64. The van der Waals surface area contributed by atoms with E-state index in [0.717, 1.165) is 11.1 Å². The highest BCUT2D eigenvalue weighted by Crippen LogP contribution is 2.24. The Balaban J connectivity index is 1.42. The first kappa shape index (κ1) is 19.6. The standard InChI is InChI=1S/C22H17ClN4O3/c1-24-21(28)19-13-18(10-11-25-19)29-17-8-2-14(3-9-17)12-20-26-27-22(30-20)15-4-6-16(23)7-5-15/h2-11,13H,12H2,1H3,(H,24,28). The number of carbonyl (C=O) groups excluding carboxylic acids is 1. The highest BCUT2D eigenvalue weighted by atomic mass is 35.5. The topological polar surface area (TPSA) is 90.1 Å². The molecular weight excluding hydrogens is 404 g/mol. The molecule has 0 aliphatic heterocycles. The number of halogens is 1. The lowest BCUT2D eigenvalue weighted by Crippen LogP contribution is -2.18. The number of carbonyl (C=O) groups is 1. The van der Waals surface area contributed by atoms with Crippen LogP contribution in [0.1, 0.15) is 21.9 Å². The van der Waals surface area contributed by atoms with E-state index in [-0.39, 0.29) is 5.91 Å². The first-order chi connectivity index (χ1) is 14.6. The predicted molar refractivity (Wildman–Crippen MR) is 112 cm³/mol. The van der Waals surface area contributed by atoms with E-state index in [0.29, 0.717) is 40.4 Å². The van der Waals surface area contributed by atoms with Gasteiger partial charge in [-0.15, -0.1) is 10.2 Å². The third-order valence-corrected chi connectivity index (χ3v) is 4.52. The van der Waals surface area contributed by atoms with Gasteiger partial charge in [0.25, 0.3) is 5.91 Å². The molecule has 1 amide bonds. The maximum Gasteiger partial charge on any atom is 0.269 e. The van der Waals surface area contributed by atoms with E-state index in [1.807, 2.05) is 36.4 Å². The number of nitrogens with zero attached hydrogens (tertiary/aromatic N) is 3. The lowest BCUT2D eigenvalue weighted by atomic mass is 10.1. The van der Waals surface area contributed by atoms with Gasteiger partial charge in [0, 0.05) is 29.9 Å². The van der Waals surface area contributed by atoms with Crippen LogP contribution in [0.3, 0.4) is 0 Å². The number of hydrogen-bond acceptors (Lipinski definition) is 6. The Kier molecular flexibility index (Phi) is 5.72. The van der Waals surface area contributed by atoms with Crippen LogP contribution in [0.4, 0.5) is 0 Å². The van der Waals surface area contributed by atoms with Crippen molar-refractivity contribution in [2.45, 2.75) is 6.42 Å². The minimum absolute atomic E-state index is 0.270. The molecule has 0 aliphatic carbocycles. The number of amides is 1. The molecular formula is C22H17ClN4O3. The van der Waals surface area contributed by atoms with E-state index in [4.69, 9.17) is 20.8 Å². The molecule has 150 valence electrons. The van der Waals surface area contributed by atoms with E-state index < -0.39 is 0 Å². The molecule has 2 aromatic carbocycles. The van der Waals surface area contributed by atoms with E-state index in [1.54, 1.807) is 31.3 Å². The second-order valence-electron chi connectivity index (χ2n) is 6.39. The van der Waals surface area contributed by atoms with Crippen LogP contribution in [-0.2, 0) is 6.42 Å². The number of hydrogen-bond donors (Lipinski definition) is 1. The van der Waals surface area contributed by atoms with Gasteiger partial charge in [-0.25, -0.2) is 0 Å². The Morgan fingerprint density at radius 1 is 1.03 bits per heavy atom. The molecule has 30 heavy (non-hydrogen) atoms. The van der Waals surface area contributed by atoms with Crippen molar-refractivity contribution in [3.8, 4) is 23.0 Å². The van der Waals surface area contributed by atoms with Crippen molar-refractivity contribution in [3.63, 3.8) is 0 Å². The van der Waals surface area contributed by atoms with E-state index in [1.165, 1.54) is 6.20 Å². The Hall–Kier alpha value is -3.71. The molecule has 8 heteroatoms. The predicted octanol–water partition coefficient (Wildman–Crippen LogP) is 4.53. The van der Waals surface area contributed by atoms with Crippen LogP contribution in [0.15, 0.2) is 71.3 Å². The Labute approximate surface area is 177 Å². The zero-order valence-corrected chi connectivity index (χ0v) is 16.8. The van der Waals surface area contributed by atoms with Gasteiger partial charge in [0.2, 0.25) is 11.8 Å². The fourth-order valence-corrected chi connectivity index (χ4v) is 2.87. The number of pyridine rings is 1. The van der Waals surface area contributed by atoms with Crippen LogP contribution in [0, 0.1) is 0 Å². The summed E-state index contributed by atoms with van der Waals surface area (Å²) in [5.74, 6) is 1.86. The van der Waals surface area contributed by atoms with Crippen molar-refractivity contribution >= 4 is 17.5 Å². The smallest absolute Gasteiger partial charge is 0.269 e. The summed E-state index contributed by atoms with van der Waals surface area (Å²) in [4.78, 5) is 15.7. The molecule has 0 radical (unpaired) electrons. The molecule has 0 atom stereocenters. The van der Waals surface area contributed by atoms with Gasteiger partial charge in [-0.1, -0.05) is 23.7 Å². The summed E-state index contributed by atoms with van der Waals surface area (Å²) in [6.45, 7) is 0. The molecule has 0 unspecified atom stereocenters. The Bertz CT molecular complexity index is 1160. The van der Waals surface area contributed by atoms with Gasteiger partial charge in [0.05, 0.1) is 6.42 Å². The van der Waals surface area contributed by atoms with Gasteiger partial charge in [-0.2, -0.15) is 0 Å². The zero-order valence-electron chi connectivity index (χ0n) is 16.0. The fourth-order valence-electron chi connectivity index (χ4n) is 2.75. The summed E-state index contributed by atoms with van der Waals surface area (Å²) in [7, 11) is 1.55. The number of ether oxygens (including phenoxy) is 1. The SMILES string of the molecule is CNC(=O)c1cc(Oc2ccc(Cc3nnc(-c4ccc(Cl)cc4)o3)cc2)ccn1. The largest absolute Gasteiger partial charge is 0.457 e. The second kappa shape index (κ2) is 8.75. The number of aromatic nitrogens is 3. The lowest BCUT2D eigenvalue weighted by Gasteiger charge is -2.07. The Morgan fingerprint density at radius 2 is 1.80 bits per heavy atom. The summed E-state index contributed by atoms with van der Waals surface area (Å²) in [6, 6.07) is 18.0. The quantitative estimate of drug-likeness (QED) is 0.493. The fraction of sp³-hybridized carbons (Fsp3) is 0.0909. The van der Waals surface area contributed by atoms with Crippen molar-refractivity contribution in [3.05, 3.63) is 89.0 Å². The maximum atomic E-state index is 11.7. The molecule has 4 aromatic rings. The monoisotopic (exact) mass is 420 g/mol. The summed E-state index contributed by atoms with van der Waals surface area (Å²) in [5.41, 5.74) is 2.10. The van der Waals surface area contributed by atoms with Gasteiger partial charge in [-0.3, -0.25) is 9.78 Å². The van der Waals surface area contributed by atoms with Crippen LogP contribution in [-0.4, -0.2) is 28.1 Å². The molecule has 0 saturated carbocycles. The molecule has 0 fully saturated rings. The van der Waals surface area contributed by atoms with Crippen molar-refractivity contribution < 1.29 is 13.9 Å². The first-order valence-corrected chi connectivity index (χ1v) is 9.52. The number of benzene rings is 2. The van der Waals surface area contributed by atoms with Crippen molar-refractivity contribution in [1.29, 1.82) is 0 Å². The lowest BCUT2D eigenvalue weighted by molar-refractivity contribution is 0.0958. The first-order valence-electron chi connectivity index (χ1n) is 9.14. The average molecular weight is 421 g/mol. The molecule has 2 heterocycles. The van der Waals surface area contributed by atoms with Crippen molar-refractivity contribution in [1.82, 2.24) is 20.5 Å². The van der Waals surface area contributed by atoms with Gasteiger partial charge in [-0.05, 0) is 48.0 Å². The number of nitrogens with one attached hydrogen (secondary N) is 1. The third-order valence-electron chi connectivity index (χ3n) is 4.26. The van der Waals surface area contributed by atoms with Gasteiger partial charge in [0.15, 0.2) is 0 Å².